The van der Waals surface area contributed by atoms with E-state index in [2.05, 4.69) is 26.0 Å². The zero-order chi connectivity index (χ0) is 15.9. The molecule has 0 bridgehead atoms. The predicted octanol–water partition coefficient (Wildman–Crippen LogP) is 4.44. The van der Waals surface area contributed by atoms with E-state index < -0.39 is 6.61 Å². The molecule has 1 amide bonds. The van der Waals surface area contributed by atoms with Crippen molar-refractivity contribution in [3.8, 4) is 5.75 Å². The van der Waals surface area contributed by atoms with Crippen LogP contribution in [-0.2, 0) is 11.3 Å². The fourth-order valence-corrected chi connectivity index (χ4v) is 2.94. The fourth-order valence-electron chi connectivity index (χ4n) is 1.61. The average Bonchev–Trinajstić information content (AvgIpc) is 2.89. The van der Waals surface area contributed by atoms with Crippen molar-refractivity contribution in [2.75, 3.05) is 0 Å². The van der Waals surface area contributed by atoms with Gasteiger partial charge in [-0.3, -0.25) is 4.79 Å². The Kier molecular flexibility index (Phi) is 6.09. The summed E-state index contributed by atoms with van der Waals surface area (Å²) in [4.78, 5) is 12.6. The van der Waals surface area contributed by atoms with Gasteiger partial charge in [0.05, 0.1) is 3.79 Å². The molecule has 2 rings (SSSR count). The molecule has 1 aromatic carbocycles. The number of hydrogen-bond donors (Lipinski definition) is 1. The molecule has 0 aliphatic heterocycles. The number of halogens is 3. The van der Waals surface area contributed by atoms with Gasteiger partial charge in [0.25, 0.3) is 0 Å². The van der Waals surface area contributed by atoms with Gasteiger partial charge in [0.1, 0.15) is 5.75 Å². The molecule has 0 fully saturated rings. The van der Waals surface area contributed by atoms with Crippen LogP contribution < -0.4 is 10.1 Å². The SMILES string of the molecule is O=C(/C=C/c1ccc(Br)s1)NCc1ccc(OC(F)F)cc1. The second-order valence-corrected chi connectivity index (χ2v) is 6.71. The second kappa shape index (κ2) is 8.05. The molecule has 0 atom stereocenters. The lowest BCUT2D eigenvalue weighted by Gasteiger charge is -2.06. The molecular formula is C15H12BrF2NO2S. The maximum absolute atomic E-state index is 12.0. The van der Waals surface area contributed by atoms with Crippen LogP contribution in [0.15, 0.2) is 46.3 Å². The number of hydrogen-bond acceptors (Lipinski definition) is 3. The number of rotatable bonds is 6. The highest BCUT2D eigenvalue weighted by atomic mass is 79.9. The van der Waals surface area contributed by atoms with Crippen LogP contribution in [0.2, 0.25) is 0 Å². The van der Waals surface area contributed by atoms with E-state index in [4.69, 9.17) is 0 Å². The van der Waals surface area contributed by atoms with E-state index in [-0.39, 0.29) is 11.7 Å². The normalized spacial score (nSPS) is 11.1. The molecule has 7 heteroatoms. The molecule has 0 radical (unpaired) electrons. The van der Waals surface area contributed by atoms with E-state index in [1.54, 1.807) is 18.2 Å². The third-order valence-electron chi connectivity index (χ3n) is 2.61. The van der Waals surface area contributed by atoms with Crippen LogP contribution in [0.5, 0.6) is 5.75 Å². The van der Waals surface area contributed by atoms with Crippen molar-refractivity contribution >= 4 is 39.2 Å². The molecule has 0 saturated carbocycles. The Morgan fingerprint density at radius 2 is 2.00 bits per heavy atom. The highest BCUT2D eigenvalue weighted by Gasteiger charge is 2.04. The summed E-state index contributed by atoms with van der Waals surface area (Å²) in [5, 5.41) is 2.71. The Balaban J connectivity index is 1.82. The van der Waals surface area contributed by atoms with Crippen molar-refractivity contribution in [3.05, 3.63) is 56.7 Å². The zero-order valence-electron chi connectivity index (χ0n) is 11.3. The number of carbonyl (C=O) groups excluding carboxylic acids is 1. The molecule has 0 spiro atoms. The lowest BCUT2D eigenvalue weighted by Crippen LogP contribution is -2.20. The summed E-state index contributed by atoms with van der Waals surface area (Å²) < 4.78 is 29.3. The number of alkyl halides is 2. The Labute approximate surface area is 138 Å². The van der Waals surface area contributed by atoms with E-state index in [0.717, 1.165) is 14.2 Å². The van der Waals surface area contributed by atoms with Gasteiger partial charge in [0.2, 0.25) is 5.91 Å². The molecule has 1 heterocycles. The van der Waals surface area contributed by atoms with Gasteiger partial charge in [0, 0.05) is 17.5 Å². The van der Waals surface area contributed by atoms with Crippen LogP contribution in [0.25, 0.3) is 6.08 Å². The summed E-state index contributed by atoms with van der Waals surface area (Å²) in [5.74, 6) is -0.134. The molecule has 1 aromatic heterocycles. The summed E-state index contributed by atoms with van der Waals surface area (Å²) in [7, 11) is 0. The van der Waals surface area contributed by atoms with Crippen molar-refractivity contribution < 1.29 is 18.3 Å². The van der Waals surface area contributed by atoms with Gasteiger partial charge in [-0.2, -0.15) is 8.78 Å². The summed E-state index contributed by atoms with van der Waals surface area (Å²) in [5.41, 5.74) is 0.794. The first kappa shape index (κ1) is 16.6. The average molecular weight is 388 g/mol. The molecule has 2 aromatic rings. The molecule has 3 nitrogen and oxygen atoms in total. The molecule has 0 saturated heterocycles. The van der Waals surface area contributed by atoms with Gasteiger partial charge >= 0.3 is 6.61 Å². The maximum Gasteiger partial charge on any atom is 0.387 e. The van der Waals surface area contributed by atoms with Gasteiger partial charge in [-0.15, -0.1) is 11.3 Å². The van der Waals surface area contributed by atoms with Crippen molar-refractivity contribution in [1.29, 1.82) is 0 Å². The summed E-state index contributed by atoms with van der Waals surface area (Å²) in [6.45, 7) is -2.53. The van der Waals surface area contributed by atoms with Gasteiger partial charge in [0.15, 0.2) is 0 Å². The topological polar surface area (TPSA) is 38.3 Å². The number of nitrogens with one attached hydrogen (secondary N) is 1. The molecule has 1 N–H and O–H groups in total. The third kappa shape index (κ3) is 5.57. The Morgan fingerprint density at radius 1 is 1.27 bits per heavy atom. The first-order chi connectivity index (χ1) is 10.5. The second-order valence-electron chi connectivity index (χ2n) is 4.22. The molecule has 0 aliphatic rings. The van der Waals surface area contributed by atoms with Gasteiger partial charge in [-0.25, -0.2) is 0 Å². The molecule has 0 unspecified atom stereocenters. The Hall–Kier alpha value is -1.73. The Bertz CT molecular complexity index is 656. The first-order valence-electron chi connectivity index (χ1n) is 6.28. The highest BCUT2D eigenvalue weighted by molar-refractivity contribution is 9.11. The van der Waals surface area contributed by atoms with Crippen molar-refractivity contribution in [3.63, 3.8) is 0 Å². The molecular weight excluding hydrogens is 376 g/mol. The summed E-state index contributed by atoms with van der Waals surface area (Å²) >= 11 is 4.87. The van der Waals surface area contributed by atoms with Gasteiger partial charge in [-0.1, -0.05) is 12.1 Å². The van der Waals surface area contributed by atoms with Crippen molar-refractivity contribution in [2.45, 2.75) is 13.2 Å². The minimum Gasteiger partial charge on any atom is -0.435 e. The largest absolute Gasteiger partial charge is 0.435 e. The number of carbonyl (C=O) groups is 1. The van der Waals surface area contributed by atoms with Crippen LogP contribution in [0.4, 0.5) is 8.78 Å². The number of amides is 1. The lowest BCUT2D eigenvalue weighted by atomic mass is 10.2. The minimum absolute atomic E-state index is 0.0910. The lowest BCUT2D eigenvalue weighted by molar-refractivity contribution is -0.116. The fraction of sp³-hybridized carbons (Fsp3) is 0.133. The van der Waals surface area contributed by atoms with E-state index in [0.29, 0.717) is 6.54 Å². The van der Waals surface area contributed by atoms with Crippen molar-refractivity contribution in [2.24, 2.45) is 0 Å². The quantitative estimate of drug-likeness (QED) is 0.743. The summed E-state index contributed by atoms with van der Waals surface area (Å²) in [6, 6.07) is 9.93. The van der Waals surface area contributed by atoms with Crippen molar-refractivity contribution in [1.82, 2.24) is 5.32 Å². The minimum atomic E-state index is -2.84. The number of ether oxygens (including phenoxy) is 1. The van der Waals surface area contributed by atoms with Crippen LogP contribution >= 0.6 is 27.3 Å². The first-order valence-corrected chi connectivity index (χ1v) is 7.89. The van der Waals surface area contributed by atoms with Gasteiger partial charge in [-0.05, 0) is 51.8 Å². The Morgan fingerprint density at radius 3 is 2.59 bits per heavy atom. The molecule has 116 valence electrons. The predicted molar refractivity (Wildman–Crippen MR) is 86.0 cm³/mol. The van der Waals surface area contributed by atoms with E-state index in [9.17, 15) is 13.6 Å². The maximum atomic E-state index is 12.0. The van der Waals surface area contributed by atoms with Crippen LogP contribution in [0.3, 0.4) is 0 Å². The van der Waals surface area contributed by atoms with Gasteiger partial charge < -0.3 is 10.1 Å². The van der Waals surface area contributed by atoms with E-state index in [1.807, 2.05) is 12.1 Å². The molecule has 22 heavy (non-hydrogen) atoms. The van der Waals surface area contributed by atoms with Crippen LogP contribution in [0, 0.1) is 0 Å². The number of thiophene rings is 1. The van der Waals surface area contributed by atoms with Crippen LogP contribution in [-0.4, -0.2) is 12.5 Å². The van der Waals surface area contributed by atoms with Crippen LogP contribution in [0.1, 0.15) is 10.4 Å². The van der Waals surface area contributed by atoms with E-state index in [1.165, 1.54) is 29.5 Å². The molecule has 0 aliphatic carbocycles. The smallest absolute Gasteiger partial charge is 0.387 e. The number of benzene rings is 1. The summed E-state index contributed by atoms with van der Waals surface area (Å²) in [6.07, 6.45) is 3.18. The zero-order valence-corrected chi connectivity index (χ0v) is 13.7. The monoisotopic (exact) mass is 387 g/mol. The third-order valence-corrected chi connectivity index (χ3v) is 4.20. The highest BCUT2D eigenvalue weighted by Crippen LogP contribution is 2.22. The standard InChI is InChI=1S/C15H12BrF2NO2S/c16-13-7-5-12(22-13)6-8-14(20)19-9-10-1-3-11(4-2-10)21-15(17)18/h1-8,15H,9H2,(H,19,20)/b8-6+. The van der Waals surface area contributed by atoms with E-state index >= 15 is 0 Å².